The number of aromatic nitrogens is 1. The molecule has 0 unspecified atom stereocenters. The average molecular weight is 333 g/mol. The van der Waals surface area contributed by atoms with Crippen LogP contribution in [0.4, 0.5) is 17.4 Å². The van der Waals surface area contributed by atoms with Crippen LogP contribution in [0.15, 0.2) is 58.1 Å². The molecule has 3 aromatic rings. The van der Waals surface area contributed by atoms with E-state index < -0.39 is 0 Å². The highest BCUT2D eigenvalue weighted by atomic mass is 16.5. The lowest BCUT2D eigenvalue weighted by atomic mass is 10.1. The lowest BCUT2D eigenvalue weighted by molar-refractivity contribution is 0.416. The number of hydrogen-bond acceptors (Lipinski definition) is 6. The molecule has 0 radical (unpaired) electrons. The molecule has 0 atom stereocenters. The average Bonchev–Trinajstić information content (AvgIpc) is 3.20. The summed E-state index contributed by atoms with van der Waals surface area (Å²) in [7, 11) is 1.60. The van der Waals surface area contributed by atoms with Gasteiger partial charge in [0.1, 0.15) is 5.75 Å². The van der Waals surface area contributed by atoms with Crippen LogP contribution >= 0.6 is 0 Å². The molecule has 2 aromatic heterocycles. The van der Waals surface area contributed by atoms with E-state index in [9.17, 15) is 5.11 Å². The molecular weight excluding hydrogens is 318 g/mol. The van der Waals surface area contributed by atoms with Crippen LogP contribution in [0.5, 0.6) is 11.5 Å². The lowest BCUT2D eigenvalue weighted by Gasteiger charge is -2.08. The Balaban J connectivity index is 1.64. The largest absolute Gasteiger partial charge is 0.504 e. The standard InChI is InChI=1S/C19H15N3O3/c1-24-16-7-3-2-6-14(16)22-18-10-15(23)17(25-18)9-12-11-21-19-13(12)5-4-8-20-19/h2-11,22-23H,1H3. The van der Waals surface area contributed by atoms with Crippen molar-refractivity contribution in [1.82, 2.24) is 4.98 Å². The lowest BCUT2D eigenvalue weighted by Crippen LogP contribution is -1.92. The molecule has 0 aliphatic carbocycles. The van der Waals surface area contributed by atoms with Crippen molar-refractivity contribution in [3.63, 3.8) is 0 Å². The van der Waals surface area contributed by atoms with Crippen molar-refractivity contribution in [1.29, 1.82) is 0 Å². The van der Waals surface area contributed by atoms with Gasteiger partial charge in [-0.15, -0.1) is 0 Å². The third-order valence-corrected chi connectivity index (χ3v) is 3.82. The number of ether oxygens (including phenoxy) is 1. The number of nitrogens with one attached hydrogen (secondary N) is 1. The van der Waals surface area contributed by atoms with E-state index in [2.05, 4.69) is 15.3 Å². The minimum absolute atomic E-state index is 0.0376. The first-order valence-electron chi connectivity index (χ1n) is 7.68. The van der Waals surface area contributed by atoms with Crippen LogP contribution in [-0.4, -0.2) is 23.4 Å². The van der Waals surface area contributed by atoms with E-state index in [1.54, 1.807) is 25.6 Å². The van der Waals surface area contributed by atoms with Crippen molar-refractivity contribution in [3.05, 3.63) is 60.0 Å². The summed E-state index contributed by atoms with van der Waals surface area (Å²) in [5.41, 5.74) is 2.48. The van der Waals surface area contributed by atoms with Crippen LogP contribution < -0.4 is 10.1 Å². The van der Waals surface area contributed by atoms with Gasteiger partial charge in [-0.25, -0.2) is 9.98 Å². The number of nitrogens with zero attached hydrogens (tertiary/aromatic N) is 2. The summed E-state index contributed by atoms with van der Waals surface area (Å²) >= 11 is 0. The van der Waals surface area contributed by atoms with Crippen molar-refractivity contribution in [2.75, 3.05) is 12.4 Å². The summed E-state index contributed by atoms with van der Waals surface area (Å²) in [6.45, 7) is 0. The summed E-state index contributed by atoms with van der Waals surface area (Å²) in [4.78, 5) is 8.44. The van der Waals surface area contributed by atoms with Gasteiger partial charge in [-0.2, -0.15) is 0 Å². The normalized spacial score (nSPS) is 13.9. The molecule has 124 valence electrons. The molecule has 25 heavy (non-hydrogen) atoms. The second-order valence-corrected chi connectivity index (χ2v) is 5.42. The van der Waals surface area contributed by atoms with Gasteiger partial charge in [-0.05, 0) is 30.3 Å². The fraction of sp³-hybridized carbons (Fsp3) is 0.0526. The minimum Gasteiger partial charge on any atom is -0.504 e. The van der Waals surface area contributed by atoms with Crippen molar-refractivity contribution < 1.29 is 14.3 Å². The van der Waals surface area contributed by atoms with Gasteiger partial charge in [0, 0.05) is 29.6 Å². The smallest absolute Gasteiger partial charge is 0.201 e. The molecule has 1 aromatic carbocycles. The molecule has 0 saturated heterocycles. The molecule has 1 aliphatic heterocycles. The highest BCUT2D eigenvalue weighted by molar-refractivity contribution is 6.20. The minimum atomic E-state index is 0.0376. The van der Waals surface area contributed by atoms with Crippen LogP contribution in [0.1, 0.15) is 11.3 Å². The zero-order chi connectivity index (χ0) is 17.2. The molecule has 2 N–H and O–H groups in total. The molecule has 3 heterocycles. The quantitative estimate of drug-likeness (QED) is 0.740. The van der Waals surface area contributed by atoms with Crippen molar-refractivity contribution in [3.8, 4) is 11.5 Å². The topological polar surface area (TPSA) is 79.9 Å². The molecule has 6 heteroatoms. The predicted molar refractivity (Wildman–Crippen MR) is 96.9 cm³/mol. The van der Waals surface area contributed by atoms with E-state index in [0.29, 0.717) is 23.2 Å². The Morgan fingerprint density at radius 3 is 2.96 bits per heavy atom. The number of benzene rings is 1. The fourth-order valence-corrected chi connectivity index (χ4v) is 2.62. The Morgan fingerprint density at radius 2 is 2.08 bits per heavy atom. The van der Waals surface area contributed by atoms with Gasteiger partial charge in [-0.3, -0.25) is 0 Å². The third kappa shape index (κ3) is 2.85. The molecule has 0 spiro atoms. The number of fused-ring (bicyclic) bond motifs is 1. The zero-order valence-corrected chi connectivity index (χ0v) is 13.4. The summed E-state index contributed by atoms with van der Waals surface area (Å²) < 4.78 is 11.0. The van der Waals surface area contributed by atoms with Gasteiger partial charge in [0.15, 0.2) is 17.3 Å². The number of aliphatic imine (C=N–C) groups is 1. The van der Waals surface area contributed by atoms with E-state index in [0.717, 1.165) is 16.8 Å². The van der Waals surface area contributed by atoms with Crippen molar-refractivity contribution in [2.45, 2.75) is 0 Å². The molecular formula is C19H15N3O3. The highest BCUT2D eigenvalue weighted by Crippen LogP contribution is 2.36. The maximum atomic E-state index is 10.2. The second-order valence-electron chi connectivity index (χ2n) is 5.42. The van der Waals surface area contributed by atoms with Gasteiger partial charge in [0.2, 0.25) is 5.88 Å². The highest BCUT2D eigenvalue weighted by Gasteiger charge is 2.16. The number of aromatic hydroxyl groups is 1. The number of anilines is 2. The molecule has 0 fully saturated rings. The number of pyridine rings is 1. The van der Waals surface area contributed by atoms with Crippen molar-refractivity contribution in [2.24, 2.45) is 4.99 Å². The number of furan rings is 1. The SMILES string of the molecule is COc1ccccc1Nc1cc(O)c(C=C2C=Nc3ncccc32)o1. The maximum Gasteiger partial charge on any atom is 0.201 e. The predicted octanol–water partition coefficient (Wildman–Crippen LogP) is 4.39. The number of rotatable bonds is 4. The number of para-hydroxylation sites is 2. The van der Waals surface area contributed by atoms with E-state index in [-0.39, 0.29) is 5.75 Å². The summed E-state index contributed by atoms with van der Waals surface area (Å²) in [5, 5.41) is 13.3. The van der Waals surface area contributed by atoms with Gasteiger partial charge < -0.3 is 19.6 Å². The maximum absolute atomic E-state index is 10.2. The molecule has 0 bridgehead atoms. The van der Waals surface area contributed by atoms with E-state index >= 15 is 0 Å². The van der Waals surface area contributed by atoms with E-state index in [4.69, 9.17) is 9.15 Å². The summed E-state index contributed by atoms with van der Waals surface area (Å²) in [6.07, 6.45) is 5.13. The summed E-state index contributed by atoms with van der Waals surface area (Å²) in [6, 6.07) is 12.8. The molecule has 6 nitrogen and oxygen atoms in total. The number of methoxy groups -OCH3 is 1. The van der Waals surface area contributed by atoms with Crippen LogP contribution in [0.3, 0.4) is 0 Å². The van der Waals surface area contributed by atoms with Gasteiger partial charge in [-0.1, -0.05) is 12.1 Å². The second kappa shape index (κ2) is 6.16. The van der Waals surface area contributed by atoms with Gasteiger partial charge >= 0.3 is 0 Å². The first-order valence-corrected chi connectivity index (χ1v) is 7.68. The zero-order valence-electron chi connectivity index (χ0n) is 13.4. The van der Waals surface area contributed by atoms with Crippen molar-refractivity contribution >= 4 is 35.3 Å². The van der Waals surface area contributed by atoms with Crippen LogP contribution in [0.25, 0.3) is 11.6 Å². The molecule has 4 rings (SSSR count). The molecule has 1 aliphatic rings. The Hall–Kier alpha value is -3.54. The van der Waals surface area contributed by atoms with E-state index in [1.807, 2.05) is 36.4 Å². The molecule has 0 amide bonds. The van der Waals surface area contributed by atoms with Gasteiger partial charge in [0.05, 0.1) is 12.8 Å². The summed E-state index contributed by atoms with van der Waals surface area (Å²) in [5.74, 6) is 2.13. The van der Waals surface area contributed by atoms with E-state index in [1.165, 1.54) is 6.07 Å². The number of allylic oxidation sites excluding steroid dienone is 1. The third-order valence-electron chi connectivity index (χ3n) is 3.82. The van der Waals surface area contributed by atoms with Crippen LogP contribution in [-0.2, 0) is 0 Å². The molecule has 0 saturated carbocycles. The van der Waals surface area contributed by atoms with Crippen LogP contribution in [0.2, 0.25) is 0 Å². The Bertz CT molecular complexity index is 989. The van der Waals surface area contributed by atoms with Crippen LogP contribution in [0, 0.1) is 0 Å². The number of hydrogen-bond donors (Lipinski definition) is 2. The first kappa shape index (κ1) is 15.0. The Labute approximate surface area is 144 Å². The Kier molecular flexibility index (Phi) is 3.70. The Morgan fingerprint density at radius 1 is 1.20 bits per heavy atom. The first-order chi connectivity index (χ1) is 12.2. The monoisotopic (exact) mass is 333 g/mol. The van der Waals surface area contributed by atoms with Gasteiger partial charge in [0.25, 0.3) is 0 Å². The fourth-order valence-electron chi connectivity index (χ4n) is 2.62.